The second-order valence-corrected chi connectivity index (χ2v) is 7.76. The Labute approximate surface area is 200 Å². The summed E-state index contributed by atoms with van der Waals surface area (Å²) in [5.74, 6) is -0.841. The van der Waals surface area contributed by atoms with Crippen LogP contribution < -0.4 is 5.32 Å². The first-order valence-corrected chi connectivity index (χ1v) is 10.8. The minimum atomic E-state index is -0.887. The lowest BCUT2D eigenvalue weighted by atomic mass is 10.1. The first kappa shape index (κ1) is 23.6. The van der Waals surface area contributed by atoms with E-state index in [0.717, 1.165) is 5.56 Å². The lowest BCUT2D eigenvalue weighted by Gasteiger charge is -2.08. The van der Waals surface area contributed by atoms with Crippen LogP contribution in [0.4, 0.5) is 14.9 Å². The summed E-state index contributed by atoms with van der Waals surface area (Å²) < 4.78 is 24.2. The molecular weight excluding hydrogens is 453 g/mol. The molecule has 0 spiro atoms. The molecule has 2 aromatic carbocycles. The fraction of sp³-hybridized carbons (Fsp3) is 0.154. The van der Waals surface area contributed by atoms with Crippen LogP contribution in [-0.4, -0.2) is 33.9 Å². The van der Waals surface area contributed by atoms with Gasteiger partial charge in [0, 0.05) is 23.7 Å². The number of amides is 1. The van der Waals surface area contributed by atoms with Crippen LogP contribution in [0.2, 0.25) is 0 Å². The van der Waals surface area contributed by atoms with E-state index >= 15 is 0 Å². The first-order chi connectivity index (χ1) is 16.9. The lowest BCUT2D eigenvalue weighted by molar-refractivity contribution is -0.136. The number of pyridine rings is 1. The van der Waals surface area contributed by atoms with Crippen molar-refractivity contribution in [2.75, 3.05) is 11.9 Å². The fourth-order valence-corrected chi connectivity index (χ4v) is 3.48. The SMILES string of the molecule is Cc1onc(-c2ccc(-c3ccc(CC(=O)O)cc3)nc2)c1NC(=O)OCCc1ccccc1F. The van der Waals surface area contributed by atoms with Gasteiger partial charge in [-0.05, 0) is 36.2 Å². The molecule has 0 aliphatic heterocycles. The Hall–Kier alpha value is -4.53. The van der Waals surface area contributed by atoms with Crippen LogP contribution in [-0.2, 0) is 22.4 Å². The van der Waals surface area contributed by atoms with E-state index in [9.17, 15) is 14.0 Å². The maximum atomic E-state index is 13.7. The van der Waals surface area contributed by atoms with Gasteiger partial charge in [0.05, 0.1) is 18.7 Å². The number of benzene rings is 2. The highest BCUT2D eigenvalue weighted by Crippen LogP contribution is 2.31. The van der Waals surface area contributed by atoms with Gasteiger partial charge in [-0.2, -0.15) is 0 Å². The molecule has 0 saturated heterocycles. The molecule has 4 aromatic rings. The topological polar surface area (TPSA) is 115 Å². The molecule has 9 heteroatoms. The van der Waals surface area contributed by atoms with Crippen molar-refractivity contribution in [1.29, 1.82) is 0 Å². The Bertz CT molecular complexity index is 1330. The molecule has 0 saturated carbocycles. The number of carboxylic acid groups (broad SMARTS) is 1. The van der Waals surface area contributed by atoms with Crippen LogP contribution in [0.5, 0.6) is 0 Å². The van der Waals surface area contributed by atoms with E-state index in [1.54, 1.807) is 55.6 Å². The van der Waals surface area contributed by atoms with Crippen molar-refractivity contribution in [2.45, 2.75) is 19.8 Å². The number of halogens is 1. The third-order valence-electron chi connectivity index (χ3n) is 5.29. The third-order valence-corrected chi connectivity index (χ3v) is 5.29. The number of ether oxygens (including phenoxy) is 1. The number of rotatable bonds is 8. The van der Waals surface area contributed by atoms with Crippen LogP contribution in [0.3, 0.4) is 0 Å². The Morgan fingerprint density at radius 2 is 1.80 bits per heavy atom. The number of carbonyl (C=O) groups is 2. The zero-order valence-corrected chi connectivity index (χ0v) is 18.8. The largest absolute Gasteiger partial charge is 0.481 e. The number of nitrogens with one attached hydrogen (secondary N) is 1. The molecule has 2 aromatic heterocycles. The summed E-state index contributed by atoms with van der Waals surface area (Å²) in [6, 6.07) is 17.0. The van der Waals surface area contributed by atoms with Gasteiger partial charge in [0.2, 0.25) is 0 Å². The highest BCUT2D eigenvalue weighted by atomic mass is 19.1. The Balaban J connectivity index is 1.41. The molecule has 0 unspecified atom stereocenters. The number of aliphatic carboxylic acids is 1. The predicted octanol–water partition coefficient (Wildman–Crippen LogP) is 5.27. The van der Waals surface area contributed by atoms with E-state index in [2.05, 4.69) is 15.5 Å². The second-order valence-electron chi connectivity index (χ2n) is 7.76. The summed E-state index contributed by atoms with van der Waals surface area (Å²) >= 11 is 0. The number of aromatic nitrogens is 2. The third kappa shape index (κ3) is 5.89. The lowest BCUT2D eigenvalue weighted by Crippen LogP contribution is -2.16. The molecule has 1 amide bonds. The summed E-state index contributed by atoms with van der Waals surface area (Å²) in [5.41, 5.74) is 4.06. The Kier molecular flexibility index (Phi) is 7.15. The number of carbonyl (C=O) groups excluding carboxylic acids is 1. The maximum absolute atomic E-state index is 13.7. The second kappa shape index (κ2) is 10.6. The highest BCUT2D eigenvalue weighted by Gasteiger charge is 2.18. The molecule has 35 heavy (non-hydrogen) atoms. The maximum Gasteiger partial charge on any atom is 0.411 e. The molecule has 0 aliphatic carbocycles. The van der Waals surface area contributed by atoms with Gasteiger partial charge in [-0.25, -0.2) is 9.18 Å². The van der Waals surface area contributed by atoms with Crippen molar-refractivity contribution in [2.24, 2.45) is 0 Å². The standard InChI is InChI=1S/C26H22FN3O5/c1-16-24(29-26(33)34-13-12-18-4-2-3-5-21(18)27)25(30-35-16)20-10-11-22(28-15-20)19-8-6-17(7-9-19)14-23(31)32/h2-11,15H,12-14H2,1H3,(H,29,33)(H,31,32). The fourth-order valence-electron chi connectivity index (χ4n) is 3.48. The van der Waals surface area contributed by atoms with Crippen molar-refractivity contribution in [3.63, 3.8) is 0 Å². The van der Waals surface area contributed by atoms with Crippen LogP contribution in [0, 0.1) is 12.7 Å². The summed E-state index contributed by atoms with van der Waals surface area (Å²) in [4.78, 5) is 27.6. The van der Waals surface area contributed by atoms with E-state index in [4.69, 9.17) is 14.4 Å². The normalized spacial score (nSPS) is 10.7. The quantitative estimate of drug-likeness (QED) is 0.357. The van der Waals surface area contributed by atoms with Gasteiger partial charge in [0.25, 0.3) is 0 Å². The van der Waals surface area contributed by atoms with Crippen LogP contribution in [0.1, 0.15) is 16.9 Å². The van der Waals surface area contributed by atoms with E-state index < -0.39 is 12.1 Å². The summed E-state index contributed by atoms with van der Waals surface area (Å²) in [7, 11) is 0. The number of anilines is 1. The van der Waals surface area contributed by atoms with Crippen LogP contribution in [0.25, 0.3) is 22.5 Å². The van der Waals surface area contributed by atoms with E-state index in [1.807, 2.05) is 12.1 Å². The predicted molar refractivity (Wildman–Crippen MR) is 126 cm³/mol. The zero-order valence-electron chi connectivity index (χ0n) is 18.8. The summed E-state index contributed by atoms with van der Waals surface area (Å²) in [6.45, 7) is 1.67. The van der Waals surface area contributed by atoms with Gasteiger partial charge < -0.3 is 14.4 Å². The number of hydrogen-bond acceptors (Lipinski definition) is 6. The molecule has 0 aliphatic rings. The molecular formula is C26H22FN3O5. The number of hydrogen-bond donors (Lipinski definition) is 2. The van der Waals surface area contributed by atoms with Crippen LogP contribution >= 0.6 is 0 Å². The number of aryl methyl sites for hydroxylation is 1. The first-order valence-electron chi connectivity index (χ1n) is 10.8. The molecule has 2 heterocycles. The van der Waals surface area contributed by atoms with Crippen molar-refractivity contribution < 1.29 is 28.3 Å². The minimum Gasteiger partial charge on any atom is -0.481 e. The molecule has 178 valence electrons. The monoisotopic (exact) mass is 475 g/mol. The molecule has 0 atom stereocenters. The van der Waals surface area contributed by atoms with E-state index in [-0.39, 0.29) is 25.3 Å². The van der Waals surface area contributed by atoms with Gasteiger partial charge in [-0.15, -0.1) is 0 Å². The molecule has 0 fully saturated rings. The van der Waals surface area contributed by atoms with Gasteiger partial charge in [0.1, 0.15) is 17.2 Å². The van der Waals surface area contributed by atoms with Crippen molar-refractivity contribution in [1.82, 2.24) is 10.1 Å². The van der Waals surface area contributed by atoms with E-state index in [0.29, 0.717) is 39.5 Å². The molecule has 2 N–H and O–H groups in total. The van der Waals surface area contributed by atoms with Gasteiger partial charge in [-0.1, -0.05) is 47.6 Å². The number of carboxylic acids is 1. The smallest absolute Gasteiger partial charge is 0.411 e. The molecule has 4 rings (SSSR count). The zero-order chi connectivity index (χ0) is 24.8. The Morgan fingerprint density at radius 1 is 1.06 bits per heavy atom. The van der Waals surface area contributed by atoms with Gasteiger partial charge in [0.15, 0.2) is 5.76 Å². The average molecular weight is 475 g/mol. The minimum absolute atomic E-state index is 0.00787. The average Bonchev–Trinajstić information content (AvgIpc) is 3.20. The van der Waals surface area contributed by atoms with Crippen LogP contribution in [0.15, 0.2) is 71.4 Å². The van der Waals surface area contributed by atoms with E-state index in [1.165, 1.54) is 6.07 Å². The van der Waals surface area contributed by atoms with Crippen molar-refractivity contribution in [3.8, 4) is 22.5 Å². The number of nitrogens with zero attached hydrogens (tertiary/aromatic N) is 2. The summed E-state index contributed by atoms with van der Waals surface area (Å²) in [6.07, 6.45) is 1.10. The summed E-state index contributed by atoms with van der Waals surface area (Å²) in [5, 5.41) is 15.6. The van der Waals surface area contributed by atoms with Crippen molar-refractivity contribution >= 4 is 17.7 Å². The van der Waals surface area contributed by atoms with Gasteiger partial charge in [-0.3, -0.25) is 15.1 Å². The van der Waals surface area contributed by atoms with Gasteiger partial charge >= 0.3 is 12.1 Å². The molecule has 8 nitrogen and oxygen atoms in total. The Morgan fingerprint density at radius 3 is 2.49 bits per heavy atom. The highest BCUT2D eigenvalue weighted by molar-refractivity contribution is 5.91. The molecule has 0 bridgehead atoms. The van der Waals surface area contributed by atoms with Crippen molar-refractivity contribution in [3.05, 3.63) is 89.6 Å². The molecule has 0 radical (unpaired) electrons.